The van der Waals surface area contributed by atoms with E-state index in [4.69, 9.17) is 5.73 Å². The van der Waals surface area contributed by atoms with Crippen molar-refractivity contribution in [1.29, 1.82) is 0 Å². The molecule has 1 aromatic carbocycles. The van der Waals surface area contributed by atoms with Gasteiger partial charge >= 0.3 is 6.03 Å². The van der Waals surface area contributed by atoms with Gasteiger partial charge in [-0.25, -0.2) is 9.18 Å². The molecule has 0 aliphatic heterocycles. The highest BCUT2D eigenvalue weighted by molar-refractivity contribution is 5.88. The molecule has 4 heteroatoms. The second kappa shape index (κ2) is 5.88. The number of urea groups is 1. The number of carbonyl (C=O) groups excluding carboxylic acids is 1. The lowest BCUT2D eigenvalue weighted by Gasteiger charge is -2.33. The first kappa shape index (κ1) is 15.5. The van der Waals surface area contributed by atoms with Crippen LogP contribution >= 0.6 is 0 Å². The van der Waals surface area contributed by atoms with Gasteiger partial charge in [-0.3, -0.25) is 0 Å². The molecule has 0 radical (unpaired) electrons. The summed E-state index contributed by atoms with van der Waals surface area (Å²) < 4.78 is 13.9. The Balaban J connectivity index is 2.15. The third kappa shape index (κ3) is 3.84. The number of anilines is 1. The van der Waals surface area contributed by atoms with Crippen LogP contribution in [0.2, 0.25) is 0 Å². The van der Waals surface area contributed by atoms with Crippen LogP contribution in [-0.2, 0) is 0 Å². The number of primary amides is 1. The summed E-state index contributed by atoms with van der Waals surface area (Å²) in [5.74, 6) is 0.215. The van der Waals surface area contributed by atoms with Gasteiger partial charge in [-0.15, -0.1) is 0 Å². The van der Waals surface area contributed by atoms with Crippen molar-refractivity contribution < 1.29 is 9.18 Å². The SMILES string of the molecule is CC(C)(C)C1CC=C(c2ccc(NC(N)=O)c(F)c2)CC1. The summed E-state index contributed by atoms with van der Waals surface area (Å²) in [7, 11) is 0. The predicted molar refractivity (Wildman–Crippen MR) is 84.4 cm³/mol. The maximum atomic E-state index is 13.9. The van der Waals surface area contributed by atoms with Gasteiger partial charge in [0.05, 0.1) is 5.69 Å². The topological polar surface area (TPSA) is 55.1 Å². The molecule has 1 aliphatic carbocycles. The van der Waals surface area contributed by atoms with E-state index in [9.17, 15) is 9.18 Å². The van der Waals surface area contributed by atoms with Gasteiger partial charge in [0, 0.05) is 0 Å². The van der Waals surface area contributed by atoms with Gasteiger partial charge in [-0.1, -0.05) is 32.9 Å². The molecule has 1 aliphatic rings. The number of halogens is 1. The van der Waals surface area contributed by atoms with E-state index in [0.717, 1.165) is 24.8 Å². The molecule has 1 aromatic rings. The van der Waals surface area contributed by atoms with Crippen molar-refractivity contribution in [2.24, 2.45) is 17.1 Å². The fourth-order valence-electron chi connectivity index (χ4n) is 2.83. The molecule has 3 N–H and O–H groups in total. The van der Waals surface area contributed by atoms with Gasteiger partial charge in [-0.2, -0.15) is 0 Å². The van der Waals surface area contributed by atoms with Crippen molar-refractivity contribution in [3.05, 3.63) is 35.7 Å². The first-order valence-electron chi connectivity index (χ1n) is 7.33. The zero-order valence-corrected chi connectivity index (χ0v) is 12.9. The Morgan fingerprint density at radius 3 is 2.57 bits per heavy atom. The molecule has 0 saturated heterocycles. The Bertz CT molecular complexity index is 573. The smallest absolute Gasteiger partial charge is 0.316 e. The van der Waals surface area contributed by atoms with E-state index in [1.54, 1.807) is 6.07 Å². The molecule has 0 bridgehead atoms. The lowest BCUT2D eigenvalue weighted by Crippen LogP contribution is -2.22. The van der Waals surface area contributed by atoms with Crippen LogP contribution in [0.1, 0.15) is 45.6 Å². The number of carbonyl (C=O) groups is 1. The van der Waals surface area contributed by atoms with Gasteiger partial charge in [0.1, 0.15) is 5.82 Å². The van der Waals surface area contributed by atoms with Crippen molar-refractivity contribution in [3.8, 4) is 0 Å². The zero-order valence-electron chi connectivity index (χ0n) is 12.9. The van der Waals surface area contributed by atoms with E-state index in [-0.39, 0.29) is 5.69 Å². The Morgan fingerprint density at radius 1 is 1.38 bits per heavy atom. The Morgan fingerprint density at radius 2 is 2.10 bits per heavy atom. The number of nitrogens with two attached hydrogens (primary N) is 1. The van der Waals surface area contributed by atoms with Crippen LogP contribution in [0.25, 0.3) is 5.57 Å². The average molecular weight is 290 g/mol. The second-order valence-electron chi connectivity index (χ2n) is 6.75. The summed E-state index contributed by atoms with van der Waals surface area (Å²) in [4.78, 5) is 10.8. The molecule has 0 spiro atoms. The summed E-state index contributed by atoms with van der Waals surface area (Å²) in [5.41, 5.74) is 7.50. The van der Waals surface area contributed by atoms with E-state index in [0.29, 0.717) is 11.3 Å². The Labute approximate surface area is 125 Å². The summed E-state index contributed by atoms with van der Waals surface area (Å²) in [5, 5.41) is 2.27. The molecule has 0 fully saturated rings. The number of rotatable bonds is 2. The molecule has 1 atom stereocenters. The van der Waals surface area contributed by atoms with Gasteiger partial charge in [0.25, 0.3) is 0 Å². The van der Waals surface area contributed by atoms with Crippen molar-refractivity contribution in [1.82, 2.24) is 0 Å². The molecular weight excluding hydrogens is 267 g/mol. The lowest BCUT2D eigenvalue weighted by molar-refractivity contribution is 0.225. The minimum Gasteiger partial charge on any atom is -0.351 e. The van der Waals surface area contributed by atoms with Crippen molar-refractivity contribution >= 4 is 17.3 Å². The molecule has 3 nitrogen and oxygen atoms in total. The maximum absolute atomic E-state index is 13.9. The highest BCUT2D eigenvalue weighted by Gasteiger charge is 2.26. The summed E-state index contributed by atoms with van der Waals surface area (Å²) in [6.45, 7) is 6.79. The molecule has 1 unspecified atom stereocenters. The van der Waals surface area contributed by atoms with Crippen LogP contribution in [-0.4, -0.2) is 6.03 Å². The van der Waals surface area contributed by atoms with Crippen molar-refractivity contribution in [3.63, 3.8) is 0 Å². The summed E-state index contributed by atoms with van der Waals surface area (Å²) >= 11 is 0. The summed E-state index contributed by atoms with van der Waals surface area (Å²) in [6.07, 6.45) is 5.33. The van der Waals surface area contributed by atoms with E-state index >= 15 is 0 Å². The quantitative estimate of drug-likeness (QED) is 0.825. The molecule has 2 rings (SSSR count). The molecule has 0 aromatic heterocycles. The van der Waals surface area contributed by atoms with Gasteiger partial charge in [0.2, 0.25) is 0 Å². The fraction of sp³-hybridized carbons (Fsp3) is 0.471. The molecular formula is C17H23FN2O. The van der Waals surface area contributed by atoms with E-state index < -0.39 is 11.8 Å². The standard InChI is InChI=1S/C17H23FN2O/c1-17(2,3)13-7-4-11(5-8-13)12-6-9-15(14(18)10-12)20-16(19)21/h4,6,9-10,13H,5,7-8H2,1-3H3,(H3,19,20,21). The number of allylic oxidation sites excluding steroid dienone is 2. The first-order chi connectivity index (χ1) is 9.77. The molecule has 114 valence electrons. The highest BCUT2D eigenvalue weighted by atomic mass is 19.1. The number of amides is 2. The number of benzene rings is 1. The monoisotopic (exact) mass is 290 g/mol. The van der Waals surface area contributed by atoms with Crippen LogP contribution in [0, 0.1) is 17.2 Å². The minimum atomic E-state index is -0.758. The second-order valence-corrected chi connectivity index (χ2v) is 6.75. The van der Waals surface area contributed by atoms with Crippen molar-refractivity contribution in [2.75, 3.05) is 5.32 Å². The molecule has 2 amide bonds. The van der Waals surface area contributed by atoms with E-state index in [1.807, 2.05) is 6.07 Å². The van der Waals surface area contributed by atoms with Gasteiger partial charge in [-0.05, 0) is 53.9 Å². The van der Waals surface area contributed by atoms with Gasteiger partial charge in [0.15, 0.2) is 0 Å². The van der Waals surface area contributed by atoms with Crippen molar-refractivity contribution in [2.45, 2.75) is 40.0 Å². The molecule has 0 saturated carbocycles. The van der Waals surface area contributed by atoms with E-state index in [2.05, 4.69) is 32.2 Å². The lowest BCUT2D eigenvalue weighted by atomic mass is 9.72. The Hall–Kier alpha value is -1.84. The fourth-order valence-corrected chi connectivity index (χ4v) is 2.83. The summed E-state index contributed by atoms with van der Waals surface area (Å²) in [6, 6.07) is 4.10. The number of nitrogens with one attached hydrogen (secondary N) is 1. The third-order valence-electron chi connectivity index (χ3n) is 4.23. The molecule has 21 heavy (non-hydrogen) atoms. The largest absolute Gasteiger partial charge is 0.351 e. The van der Waals surface area contributed by atoms with Crippen LogP contribution in [0.5, 0.6) is 0 Å². The normalized spacial score (nSPS) is 19.0. The minimum absolute atomic E-state index is 0.121. The molecule has 0 heterocycles. The van der Waals surface area contributed by atoms with Crippen LogP contribution in [0.4, 0.5) is 14.9 Å². The number of hydrogen-bond donors (Lipinski definition) is 2. The van der Waals surface area contributed by atoms with Crippen LogP contribution in [0.3, 0.4) is 0 Å². The number of hydrogen-bond acceptors (Lipinski definition) is 1. The predicted octanol–water partition coefficient (Wildman–Crippen LogP) is 4.55. The first-order valence-corrected chi connectivity index (χ1v) is 7.33. The zero-order chi connectivity index (χ0) is 15.6. The van der Waals surface area contributed by atoms with Crippen LogP contribution < -0.4 is 11.1 Å². The third-order valence-corrected chi connectivity index (χ3v) is 4.23. The van der Waals surface area contributed by atoms with Crippen LogP contribution in [0.15, 0.2) is 24.3 Å². The maximum Gasteiger partial charge on any atom is 0.316 e. The highest BCUT2D eigenvalue weighted by Crippen LogP contribution is 2.39. The average Bonchev–Trinajstić information content (AvgIpc) is 2.40. The Kier molecular flexibility index (Phi) is 4.35. The van der Waals surface area contributed by atoms with E-state index in [1.165, 1.54) is 11.6 Å². The van der Waals surface area contributed by atoms with Gasteiger partial charge < -0.3 is 11.1 Å².